The summed E-state index contributed by atoms with van der Waals surface area (Å²) in [4.78, 5) is 0. The van der Waals surface area contributed by atoms with Gasteiger partial charge in [-0.25, -0.2) is 0 Å². The van der Waals surface area contributed by atoms with Crippen molar-refractivity contribution in [1.29, 1.82) is 0 Å². The van der Waals surface area contributed by atoms with Crippen molar-refractivity contribution in [3.05, 3.63) is 12.2 Å². The molecule has 10 heavy (non-hydrogen) atoms. The Bertz CT molecular complexity index is 139. The normalized spacial score (nSPS) is 44.3. The molecule has 2 bridgehead atoms. The van der Waals surface area contributed by atoms with E-state index in [0.717, 1.165) is 12.8 Å². The second-order valence-electron chi connectivity index (χ2n) is 2.93. The van der Waals surface area contributed by atoms with Crippen LogP contribution in [0.2, 0.25) is 0 Å². The number of fused-ring (bicyclic) bond motifs is 2. The van der Waals surface area contributed by atoms with Crippen molar-refractivity contribution in [2.24, 2.45) is 0 Å². The van der Waals surface area contributed by atoms with Crippen molar-refractivity contribution < 1.29 is 9.47 Å². The van der Waals surface area contributed by atoms with Crippen LogP contribution in [0.5, 0.6) is 0 Å². The molecule has 2 aliphatic rings. The van der Waals surface area contributed by atoms with Crippen molar-refractivity contribution >= 4 is 0 Å². The minimum Gasteiger partial charge on any atom is -0.381 e. The third-order valence-electron chi connectivity index (χ3n) is 2.21. The average Bonchev–Trinajstić information content (AvgIpc) is 2.30. The molecular weight excluding hydrogens is 128 g/mol. The smallest absolute Gasteiger partial charge is 0.0789 e. The van der Waals surface area contributed by atoms with Gasteiger partial charge >= 0.3 is 0 Å². The van der Waals surface area contributed by atoms with Gasteiger partial charge in [0.15, 0.2) is 0 Å². The monoisotopic (exact) mass is 140 g/mol. The van der Waals surface area contributed by atoms with E-state index in [1.165, 1.54) is 0 Å². The second-order valence-corrected chi connectivity index (χ2v) is 2.93. The third kappa shape index (κ3) is 0.976. The fourth-order valence-electron chi connectivity index (χ4n) is 1.64. The SMILES string of the molecule is COC1C[C@H]2C=C[C@@H](C1)O2. The zero-order chi connectivity index (χ0) is 6.97. The first kappa shape index (κ1) is 6.38. The van der Waals surface area contributed by atoms with Crippen LogP contribution in [0.25, 0.3) is 0 Å². The van der Waals surface area contributed by atoms with E-state index >= 15 is 0 Å². The summed E-state index contributed by atoms with van der Waals surface area (Å²) in [5.74, 6) is 0. The van der Waals surface area contributed by atoms with Crippen LogP contribution >= 0.6 is 0 Å². The summed E-state index contributed by atoms with van der Waals surface area (Å²) in [6.07, 6.45) is 7.44. The predicted octanol–water partition coefficient (Wildman–Crippen LogP) is 1.12. The molecule has 0 aliphatic carbocycles. The summed E-state index contributed by atoms with van der Waals surface area (Å²) in [6.45, 7) is 0. The Labute approximate surface area is 60.8 Å². The molecule has 2 aliphatic heterocycles. The molecule has 0 aromatic heterocycles. The van der Waals surface area contributed by atoms with E-state index in [-0.39, 0.29) is 0 Å². The van der Waals surface area contributed by atoms with Gasteiger partial charge in [0.25, 0.3) is 0 Å². The molecule has 2 heterocycles. The summed E-state index contributed by atoms with van der Waals surface area (Å²) in [5, 5.41) is 0. The van der Waals surface area contributed by atoms with E-state index in [9.17, 15) is 0 Å². The highest BCUT2D eigenvalue weighted by Gasteiger charge is 2.30. The highest BCUT2D eigenvalue weighted by Crippen LogP contribution is 2.27. The topological polar surface area (TPSA) is 18.5 Å². The molecule has 2 heteroatoms. The van der Waals surface area contributed by atoms with Crippen LogP contribution in [-0.2, 0) is 9.47 Å². The average molecular weight is 140 g/mol. The van der Waals surface area contributed by atoms with Crippen molar-refractivity contribution in [2.45, 2.75) is 31.2 Å². The molecule has 1 fully saturated rings. The molecular formula is C8H12O2. The fourth-order valence-corrected chi connectivity index (χ4v) is 1.64. The number of ether oxygens (including phenoxy) is 2. The van der Waals surface area contributed by atoms with E-state index in [2.05, 4.69) is 12.2 Å². The molecule has 56 valence electrons. The van der Waals surface area contributed by atoms with E-state index in [4.69, 9.17) is 9.47 Å². The molecule has 0 aromatic carbocycles. The Morgan fingerprint density at radius 3 is 2.40 bits per heavy atom. The first-order chi connectivity index (χ1) is 4.88. The van der Waals surface area contributed by atoms with Crippen LogP contribution in [0.15, 0.2) is 12.2 Å². The Morgan fingerprint density at radius 1 is 1.30 bits per heavy atom. The predicted molar refractivity (Wildman–Crippen MR) is 37.8 cm³/mol. The summed E-state index contributed by atoms with van der Waals surface area (Å²) in [5.41, 5.74) is 0. The Kier molecular flexibility index (Phi) is 1.51. The molecule has 2 rings (SSSR count). The molecule has 0 aromatic rings. The van der Waals surface area contributed by atoms with Crippen molar-refractivity contribution in [3.8, 4) is 0 Å². The van der Waals surface area contributed by atoms with Gasteiger partial charge in [-0.2, -0.15) is 0 Å². The molecule has 1 unspecified atom stereocenters. The van der Waals surface area contributed by atoms with Gasteiger partial charge in [0.05, 0.1) is 18.3 Å². The maximum Gasteiger partial charge on any atom is 0.0789 e. The van der Waals surface area contributed by atoms with Crippen molar-refractivity contribution in [1.82, 2.24) is 0 Å². The van der Waals surface area contributed by atoms with Crippen molar-refractivity contribution in [3.63, 3.8) is 0 Å². The molecule has 0 amide bonds. The van der Waals surface area contributed by atoms with E-state index in [1.54, 1.807) is 7.11 Å². The first-order valence-electron chi connectivity index (χ1n) is 3.75. The highest BCUT2D eigenvalue weighted by molar-refractivity contribution is 5.06. The van der Waals surface area contributed by atoms with Gasteiger partial charge < -0.3 is 9.47 Å². The lowest BCUT2D eigenvalue weighted by Gasteiger charge is -2.27. The standard InChI is InChI=1S/C8H12O2/c1-9-8-4-6-2-3-7(5-8)10-6/h2-3,6-8H,4-5H2,1H3/t6-,7+,8?. The molecule has 0 saturated carbocycles. The Morgan fingerprint density at radius 2 is 1.90 bits per heavy atom. The maximum absolute atomic E-state index is 5.54. The van der Waals surface area contributed by atoms with Crippen LogP contribution in [0.3, 0.4) is 0 Å². The Hall–Kier alpha value is -0.340. The zero-order valence-electron chi connectivity index (χ0n) is 6.12. The third-order valence-corrected chi connectivity index (χ3v) is 2.21. The number of hydrogen-bond acceptors (Lipinski definition) is 2. The lowest BCUT2D eigenvalue weighted by molar-refractivity contribution is -0.0564. The van der Waals surface area contributed by atoms with E-state index in [0.29, 0.717) is 18.3 Å². The van der Waals surface area contributed by atoms with Gasteiger partial charge in [0.2, 0.25) is 0 Å². The van der Waals surface area contributed by atoms with E-state index < -0.39 is 0 Å². The summed E-state index contributed by atoms with van der Waals surface area (Å²) in [6, 6.07) is 0. The Balaban J connectivity index is 2.01. The van der Waals surface area contributed by atoms with Crippen LogP contribution < -0.4 is 0 Å². The molecule has 0 radical (unpaired) electrons. The van der Waals surface area contributed by atoms with Crippen LogP contribution in [-0.4, -0.2) is 25.4 Å². The quantitative estimate of drug-likeness (QED) is 0.508. The van der Waals surface area contributed by atoms with Gasteiger partial charge in [-0.3, -0.25) is 0 Å². The summed E-state index contributed by atoms with van der Waals surface area (Å²) in [7, 11) is 1.77. The second kappa shape index (κ2) is 2.36. The van der Waals surface area contributed by atoms with Crippen LogP contribution in [0.4, 0.5) is 0 Å². The van der Waals surface area contributed by atoms with Gasteiger partial charge in [0, 0.05) is 20.0 Å². The van der Waals surface area contributed by atoms with Gasteiger partial charge in [-0.05, 0) is 0 Å². The summed E-state index contributed by atoms with van der Waals surface area (Å²) < 4.78 is 10.8. The highest BCUT2D eigenvalue weighted by atomic mass is 16.5. The number of rotatable bonds is 1. The van der Waals surface area contributed by atoms with Crippen molar-refractivity contribution in [2.75, 3.05) is 7.11 Å². The molecule has 1 saturated heterocycles. The lowest BCUT2D eigenvalue weighted by Crippen LogP contribution is -2.30. The minimum atomic E-state index is 0.337. The number of hydrogen-bond donors (Lipinski definition) is 0. The minimum absolute atomic E-state index is 0.337. The molecule has 2 nitrogen and oxygen atoms in total. The van der Waals surface area contributed by atoms with E-state index in [1.807, 2.05) is 0 Å². The number of methoxy groups -OCH3 is 1. The van der Waals surface area contributed by atoms with Gasteiger partial charge in [-0.15, -0.1) is 0 Å². The molecule has 0 N–H and O–H groups in total. The van der Waals surface area contributed by atoms with Crippen LogP contribution in [0, 0.1) is 0 Å². The summed E-state index contributed by atoms with van der Waals surface area (Å²) >= 11 is 0. The maximum atomic E-state index is 5.54. The van der Waals surface area contributed by atoms with Gasteiger partial charge in [0.1, 0.15) is 0 Å². The molecule has 3 atom stereocenters. The largest absolute Gasteiger partial charge is 0.381 e. The van der Waals surface area contributed by atoms with Gasteiger partial charge in [-0.1, -0.05) is 12.2 Å². The first-order valence-corrected chi connectivity index (χ1v) is 3.75. The lowest BCUT2D eigenvalue weighted by atomic mass is 10.1. The fraction of sp³-hybridized carbons (Fsp3) is 0.750. The zero-order valence-corrected chi connectivity index (χ0v) is 6.12. The van der Waals surface area contributed by atoms with Crippen LogP contribution in [0.1, 0.15) is 12.8 Å². The molecule has 0 spiro atoms.